The van der Waals surface area contributed by atoms with Gasteiger partial charge in [-0.05, 0) is 52.1 Å². The molecule has 2 heterocycles. The molecule has 0 spiro atoms. The Morgan fingerprint density at radius 3 is 2.12 bits per heavy atom. The largest absolute Gasteiger partial charge is 0.455 e. The summed E-state index contributed by atoms with van der Waals surface area (Å²) in [5, 5.41) is 4.90. The average molecular weight is 526 g/mol. The molecule has 0 N–H and O–H groups in total. The number of aromatic nitrogens is 1. The van der Waals surface area contributed by atoms with Gasteiger partial charge in [-0.3, -0.25) is 0 Å². The van der Waals surface area contributed by atoms with Gasteiger partial charge in [0.25, 0.3) is 0 Å². The Morgan fingerprint density at radius 2 is 1.24 bits per heavy atom. The zero-order valence-corrected chi connectivity index (χ0v) is 23.0. The smallest absolute Gasteiger partial charge is 0.143 e. The first-order valence-corrected chi connectivity index (χ1v) is 14.3. The van der Waals surface area contributed by atoms with Gasteiger partial charge in [0.15, 0.2) is 0 Å². The van der Waals surface area contributed by atoms with Gasteiger partial charge in [0, 0.05) is 38.2 Å². The van der Waals surface area contributed by atoms with Crippen LogP contribution < -0.4 is 0 Å². The highest BCUT2D eigenvalue weighted by molar-refractivity contribution is 6.13. The van der Waals surface area contributed by atoms with E-state index in [1.54, 1.807) is 0 Å². The first kappa shape index (κ1) is 22.7. The van der Waals surface area contributed by atoms with Gasteiger partial charge in [-0.1, -0.05) is 117 Å². The fourth-order valence-electron chi connectivity index (χ4n) is 7.35. The van der Waals surface area contributed by atoms with Crippen molar-refractivity contribution >= 4 is 43.7 Å². The molecule has 0 saturated heterocycles. The molecule has 0 amide bonds. The summed E-state index contributed by atoms with van der Waals surface area (Å²) in [5.74, 6) is 0. The second-order valence-corrected chi connectivity index (χ2v) is 11.7. The Labute approximate surface area is 238 Å². The van der Waals surface area contributed by atoms with E-state index in [-0.39, 0.29) is 5.41 Å². The highest BCUT2D eigenvalue weighted by Gasteiger charge is 2.38. The Bertz CT molecular complexity index is 2330. The van der Waals surface area contributed by atoms with Crippen LogP contribution in [0, 0.1) is 0 Å². The van der Waals surface area contributed by atoms with Crippen LogP contribution in [0.15, 0.2) is 132 Å². The lowest BCUT2D eigenvalue weighted by molar-refractivity contribution is 0.664. The van der Waals surface area contributed by atoms with E-state index >= 15 is 0 Å². The van der Waals surface area contributed by atoms with Gasteiger partial charge < -0.3 is 8.98 Å². The maximum atomic E-state index is 6.35. The normalized spacial score (nSPS) is 13.8. The number of furan rings is 1. The van der Waals surface area contributed by atoms with Crippen molar-refractivity contribution in [3.63, 3.8) is 0 Å². The second-order valence-electron chi connectivity index (χ2n) is 11.7. The SMILES string of the molecule is CC1(C)c2ccccc2-c2ccc3c4ccccc4n(-c4ccc(-c5cccc6c5oc5ccccc56)cc4)c3c21. The molecule has 6 aromatic carbocycles. The molecule has 0 aliphatic heterocycles. The number of rotatable bonds is 2. The zero-order chi connectivity index (χ0) is 27.3. The molecule has 1 aliphatic rings. The number of nitrogens with zero attached hydrogens (tertiary/aromatic N) is 1. The van der Waals surface area contributed by atoms with Crippen LogP contribution in [0.2, 0.25) is 0 Å². The van der Waals surface area contributed by atoms with E-state index in [1.807, 2.05) is 12.1 Å². The quantitative estimate of drug-likeness (QED) is 0.219. The second kappa shape index (κ2) is 7.99. The zero-order valence-electron chi connectivity index (χ0n) is 23.0. The molecule has 1 aliphatic carbocycles. The number of fused-ring (bicyclic) bond motifs is 10. The first-order chi connectivity index (χ1) is 20.1. The van der Waals surface area contributed by atoms with Crippen molar-refractivity contribution in [2.24, 2.45) is 0 Å². The molecular weight excluding hydrogens is 498 g/mol. The van der Waals surface area contributed by atoms with E-state index in [2.05, 4.69) is 134 Å². The lowest BCUT2D eigenvalue weighted by Crippen LogP contribution is -2.16. The van der Waals surface area contributed by atoms with Crippen molar-refractivity contribution < 1.29 is 4.42 Å². The molecule has 0 unspecified atom stereocenters. The molecular formula is C39H27NO. The third kappa shape index (κ3) is 2.97. The highest BCUT2D eigenvalue weighted by atomic mass is 16.3. The number of hydrogen-bond acceptors (Lipinski definition) is 1. The van der Waals surface area contributed by atoms with E-state index in [1.165, 1.54) is 44.1 Å². The standard InChI is InChI=1S/C39H27NO/c1-39(2)33-15-6-3-10-27(33)30-22-23-31-28-11-4-7-16-34(28)40(37(31)36(30)39)25-20-18-24(19-21-25)26-13-9-14-32-29-12-5-8-17-35(29)41-38(26)32/h3-23H,1-2H3. The molecule has 2 heteroatoms. The summed E-state index contributed by atoms with van der Waals surface area (Å²) < 4.78 is 8.83. The van der Waals surface area contributed by atoms with Gasteiger partial charge in [-0.15, -0.1) is 0 Å². The predicted octanol–water partition coefficient (Wildman–Crippen LogP) is 10.7. The molecule has 2 nitrogen and oxygen atoms in total. The molecule has 8 aromatic rings. The topological polar surface area (TPSA) is 18.1 Å². The third-order valence-corrected chi connectivity index (χ3v) is 9.19. The predicted molar refractivity (Wildman–Crippen MR) is 171 cm³/mol. The molecule has 9 rings (SSSR count). The van der Waals surface area contributed by atoms with Crippen LogP contribution in [0.1, 0.15) is 25.0 Å². The Hall–Kier alpha value is -5.08. The van der Waals surface area contributed by atoms with Crippen LogP contribution in [0.4, 0.5) is 0 Å². The minimum Gasteiger partial charge on any atom is -0.455 e. The minimum absolute atomic E-state index is 0.103. The minimum atomic E-state index is -0.103. The van der Waals surface area contributed by atoms with Crippen LogP contribution in [0.25, 0.3) is 71.7 Å². The van der Waals surface area contributed by atoms with Crippen molar-refractivity contribution in [2.75, 3.05) is 0 Å². The molecule has 0 radical (unpaired) electrons. The van der Waals surface area contributed by atoms with Crippen LogP contribution in [-0.2, 0) is 5.41 Å². The Kier molecular flexibility index (Phi) is 4.42. The van der Waals surface area contributed by atoms with E-state index in [9.17, 15) is 0 Å². The number of benzene rings is 6. The summed E-state index contributed by atoms with van der Waals surface area (Å²) in [6.45, 7) is 4.74. The van der Waals surface area contributed by atoms with Crippen molar-refractivity contribution in [2.45, 2.75) is 19.3 Å². The van der Waals surface area contributed by atoms with Gasteiger partial charge >= 0.3 is 0 Å². The molecule has 41 heavy (non-hydrogen) atoms. The molecule has 194 valence electrons. The van der Waals surface area contributed by atoms with E-state index in [0.29, 0.717) is 0 Å². The Balaban J connectivity index is 1.29. The lowest BCUT2D eigenvalue weighted by Gasteiger charge is -2.23. The summed E-state index contributed by atoms with van der Waals surface area (Å²) >= 11 is 0. The van der Waals surface area contributed by atoms with E-state index in [0.717, 1.165) is 38.8 Å². The number of para-hydroxylation sites is 3. The Morgan fingerprint density at radius 1 is 0.537 bits per heavy atom. The summed E-state index contributed by atoms with van der Waals surface area (Å²) in [6, 6.07) is 46.1. The third-order valence-electron chi connectivity index (χ3n) is 9.19. The van der Waals surface area contributed by atoms with Crippen molar-refractivity contribution in [1.82, 2.24) is 4.57 Å². The number of hydrogen-bond donors (Lipinski definition) is 0. The fourth-order valence-corrected chi connectivity index (χ4v) is 7.35. The lowest BCUT2D eigenvalue weighted by atomic mass is 9.81. The van der Waals surface area contributed by atoms with Crippen LogP contribution in [0.5, 0.6) is 0 Å². The van der Waals surface area contributed by atoms with Gasteiger partial charge in [0.1, 0.15) is 11.2 Å². The van der Waals surface area contributed by atoms with Crippen LogP contribution >= 0.6 is 0 Å². The molecule has 0 atom stereocenters. The maximum Gasteiger partial charge on any atom is 0.143 e. The van der Waals surface area contributed by atoms with E-state index < -0.39 is 0 Å². The first-order valence-electron chi connectivity index (χ1n) is 14.3. The maximum absolute atomic E-state index is 6.35. The van der Waals surface area contributed by atoms with Crippen molar-refractivity contribution in [3.8, 4) is 27.9 Å². The summed E-state index contributed by atoms with van der Waals surface area (Å²) in [4.78, 5) is 0. The highest BCUT2D eigenvalue weighted by Crippen LogP contribution is 2.52. The molecule has 0 fully saturated rings. The van der Waals surface area contributed by atoms with Crippen LogP contribution in [-0.4, -0.2) is 4.57 Å². The van der Waals surface area contributed by atoms with Gasteiger partial charge in [-0.25, -0.2) is 0 Å². The van der Waals surface area contributed by atoms with Crippen molar-refractivity contribution in [1.29, 1.82) is 0 Å². The fraction of sp³-hybridized carbons (Fsp3) is 0.0769. The average Bonchev–Trinajstić information content (AvgIpc) is 3.63. The van der Waals surface area contributed by atoms with Gasteiger partial charge in [-0.2, -0.15) is 0 Å². The summed E-state index contributed by atoms with van der Waals surface area (Å²) in [7, 11) is 0. The summed E-state index contributed by atoms with van der Waals surface area (Å²) in [6.07, 6.45) is 0. The molecule has 0 saturated carbocycles. The van der Waals surface area contributed by atoms with E-state index in [4.69, 9.17) is 4.42 Å². The van der Waals surface area contributed by atoms with Crippen LogP contribution in [0.3, 0.4) is 0 Å². The monoisotopic (exact) mass is 525 g/mol. The molecule has 0 bridgehead atoms. The van der Waals surface area contributed by atoms with Crippen molar-refractivity contribution in [3.05, 3.63) is 139 Å². The summed E-state index contributed by atoms with van der Waals surface area (Å²) in [5.41, 5.74) is 13.2. The van der Waals surface area contributed by atoms with Gasteiger partial charge in [0.2, 0.25) is 0 Å². The van der Waals surface area contributed by atoms with Gasteiger partial charge in [0.05, 0.1) is 11.0 Å². The molecule has 2 aromatic heterocycles.